The van der Waals surface area contributed by atoms with Crippen LogP contribution in [-0.2, 0) is 0 Å². The summed E-state index contributed by atoms with van der Waals surface area (Å²) in [5, 5.41) is 3.13. The maximum atomic E-state index is 5.85. The van der Waals surface area contributed by atoms with Gasteiger partial charge in [-0.15, -0.1) is 0 Å². The lowest BCUT2D eigenvalue weighted by Gasteiger charge is -2.36. The first-order valence-electron chi connectivity index (χ1n) is 5.18. The second-order valence-electron chi connectivity index (χ2n) is 3.90. The molecule has 1 N–H and O–H groups in total. The lowest BCUT2D eigenvalue weighted by molar-refractivity contribution is 0.599. The third-order valence-corrected chi connectivity index (χ3v) is 3.12. The van der Waals surface area contributed by atoms with Crippen LogP contribution in [0.1, 0.15) is 6.92 Å². The summed E-state index contributed by atoms with van der Waals surface area (Å²) in [6.45, 7) is 1.84. The Bertz CT molecular complexity index is 552. The van der Waals surface area contributed by atoms with Crippen LogP contribution in [0.2, 0.25) is 0 Å². The minimum absolute atomic E-state index is 0.475. The number of hydrogen-bond acceptors (Lipinski definition) is 5. The fourth-order valence-corrected chi connectivity index (χ4v) is 2.11. The second-order valence-corrected chi connectivity index (χ2v) is 6.27. The molecule has 0 aliphatic carbocycles. The van der Waals surface area contributed by atoms with Gasteiger partial charge in [-0.2, -0.15) is 4.99 Å². The Balaban J connectivity index is 2.11. The van der Waals surface area contributed by atoms with Gasteiger partial charge in [-0.3, -0.25) is 0 Å². The Kier molecular flexibility index (Phi) is 2.66. The van der Waals surface area contributed by atoms with Crippen LogP contribution in [0.5, 0.6) is 0 Å². The minimum atomic E-state index is -1.59. The molecule has 0 bridgehead atoms. The van der Waals surface area contributed by atoms with Gasteiger partial charge < -0.3 is 5.32 Å². The summed E-state index contributed by atoms with van der Waals surface area (Å²) in [6.07, 6.45) is 4.80. The lowest BCUT2D eigenvalue weighted by atomic mass is 10.2. The molecule has 0 saturated carbocycles. The smallest absolute Gasteiger partial charge is 0.236 e. The number of amidine groups is 2. The number of alkyl halides is 3. The largest absolute Gasteiger partial charge is 0.330 e. The summed E-state index contributed by atoms with van der Waals surface area (Å²) >= 11 is 17.6. The van der Waals surface area contributed by atoms with E-state index in [2.05, 4.69) is 20.3 Å². The summed E-state index contributed by atoms with van der Waals surface area (Å²) in [7, 11) is 0. The van der Waals surface area contributed by atoms with Gasteiger partial charge in [-0.05, 0) is 19.1 Å². The molecule has 18 heavy (non-hydrogen) atoms. The van der Waals surface area contributed by atoms with Crippen LogP contribution < -0.4 is 5.32 Å². The third kappa shape index (κ3) is 1.92. The summed E-state index contributed by atoms with van der Waals surface area (Å²) in [5.41, 5.74) is 0. The molecule has 3 aliphatic heterocycles. The van der Waals surface area contributed by atoms with Crippen molar-refractivity contribution in [1.82, 2.24) is 10.2 Å². The molecule has 0 aromatic heterocycles. The van der Waals surface area contributed by atoms with Crippen LogP contribution in [0, 0.1) is 0 Å². The SMILES string of the molecule is CC1=NC2=NC(C(Cl)(Cl)Cl)N=C3C=CC=C(N1)N32. The summed E-state index contributed by atoms with van der Waals surface area (Å²) < 4.78 is -1.59. The fraction of sp³-hybridized carbons (Fsp3) is 0.300. The van der Waals surface area contributed by atoms with Gasteiger partial charge in [0.25, 0.3) is 0 Å². The topological polar surface area (TPSA) is 52.4 Å². The number of halogens is 3. The van der Waals surface area contributed by atoms with Gasteiger partial charge in [0.2, 0.25) is 9.75 Å². The molecule has 0 aromatic rings. The number of allylic oxidation sites excluding steroid dienone is 2. The van der Waals surface area contributed by atoms with E-state index >= 15 is 0 Å². The maximum absolute atomic E-state index is 5.85. The second kappa shape index (κ2) is 3.98. The van der Waals surface area contributed by atoms with E-state index in [0.29, 0.717) is 11.8 Å². The van der Waals surface area contributed by atoms with Crippen molar-refractivity contribution in [2.75, 3.05) is 0 Å². The van der Waals surface area contributed by atoms with Crippen LogP contribution in [-0.4, -0.2) is 32.5 Å². The lowest BCUT2D eigenvalue weighted by Crippen LogP contribution is -2.50. The highest BCUT2D eigenvalue weighted by molar-refractivity contribution is 6.68. The Morgan fingerprint density at radius 1 is 1.33 bits per heavy atom. The summed E-state index contributed by atoms with van der Waals surface area (Å²) in [5.74, 6) is 2.70. The van der Waals surface area contributed by atoms with Gasteiger partial charge in [0.1, 0.15) is 17.5 Å². The highest BCUT2D eigenvalue weighted by Crippen LogP contribution is 2.36. The molecule has 1 unspecified atom stereocenters. The van der Waals surface area contributed by atoms with E-state index in [9.17, 15) is 0 Å². The van der Waals surface area contributed by atoms with E-state index in [1.165, 1.54) is 0 Å². The Hall–Kier alpha value is -1.04. The van der Waals surface area contributed by atoms with E-state index < -0.39 is 9.96 Å². The first kappa shape index (κ1) is 12.0. The molecule has 0 radical (unpaired) electrons. The number of nitrogens with one attached hydrogen (secondary N) is 1. The van der Waals surface area contributed by atoms with E-state index in [0.717, 1.165) is 11.7 Å². The number of aliphatic imine (C=N–C) groups is 3. The standard InChI is InChI=1S/C10H8Cl3N5/c1-5-14-6-3-2-4-7-16-8(10(11,12)13)17-9(15-5)18(6)7/h2-4,8H,1H3,(H,14,15,17). The minimum Gasteiger partial charge on any atom is -0.330 e. The molecule has 3 heterocycles. The highest BCUT2D eigenvalue weighted by Gasteiger charge is 2.39. The molecule has 8 heteroatoms. The monoisotopic (exact) mass is 303 g/mol. The van der Waals surface area contributed by atoms with Crippen molar-refractivity contribution >= 4 is 52.4 Å². The van der Waals surface area contributed by atoms with Gasteiger partial charge in [0.05, 0.1) is 0 Å². The van der Waals surface area contributed by atoms with Gasteiger partial charge in [0.15, 0.2) is 6.17 Å². The third-order valence-electron chi connectivity index (χ3n) is 2.53. The first-order valence-corrected chi connectivity index (χ1v) is 6.32. The quantitative estimate of drug-likeness (QED) is 0.697. The number of rotatable bonds is 0. The van der Waals surface area contributed by atoms with Crippen molar-refractivity contribution in [3.8, 4) is 0 Å². The molecule has 3 aliphatic rings. The Labute approximate surface area is 119 Å². The molecule has 94 valence electrons. The molecule has 0 saturated heterocycles. The number of hydrogen-bond donors (Lipinski definition) is 1. The first-order chi connectivity index (χ1) is 8.45. The van der Waals surface area contributed by atoms with Crippen LogP contribution in [0.15, 0.2) is 39.0 Å². The zero-order valence-corrected chi connectivity index (χ0v) is 11.5. The van der Waals surface area contributed by atoms with E-state index in [1.807, 2.05) is 25.2 Å². The molecule has 0 aromatic carbocycles. The van der Waals surface area contributed by atoms with Crippen molar-refractivity contribution in [1.29, 1.82) is 0 Å². The van der Waals surface area contributed by atoms with E-state index in [4.69, 9.17) is 34.8 Å². The molecular formula is C10H8Cl3N5. The van der Waals surface area contributed by atoms with Crippen molar-refractivity contribution in [3.05, 3.63) is 24.0 Å². The number of guanidine groups is 1. The normalized spacial score (nSPS) is 25.6. The van der Waals surface area contributed by atoms with Crippen molar-refractivity contribution < 1.29 is 0 Å². The Morgan fingerprint density at radius 2 is 2.11 bits per heavy atom. The van der Waals surface area contributed by atoms with Crippen LogP contribution in [0.4, 0.5) is 0 Å². The van der Waals surface area contributed by atoms with Crippen LogP contribution in [0.25, 0.3) is 0 Å². The zero-order valence-electron chi connectivity index (χ0n) is 9.23. The average Bonchev–Trinajstić information content (AvgIpc) is 2.27. The molecule has 0 amide bonds. The molecule has 3 rings (SSSR count). The molecular weight excluding hydrogens is 297 g/mol. The van der Waals surface area contributed by atoms with Crippen LogP contribution >= 0.6 is 34.8 Å². The van der Waals surface area contributed by atoms with E-state index in [1.54, 1.807) is 4.90 Å². The predicted octanol–water partition coefficient (Wildman–Crippen LogP) is 2.19. The maximum Gasteiger partial charge on any atom is 0.236 e. The molecule has 0 fully saturated rings. The predicted molar refractivity (Wildman–Crippen MR) is 74.3 cm³/mol. The summed E-state index contributed by atoms with van der Waals surface area (Å²) in [6, 6.07) is 0. The van der Waals surface area contributed by atoms with Gasteiger partial charge in [-0.25, -0.2) is 14.9 Å². The molecule has 5 nitrogen and oxygen atoms in total. The highest BCUT2D eigenvalue weighted by atomic mass is 35.6. The Morgan fingerprint density at radius 3 is 2.83 bits per heavy atom. The fourth-order valence-electron chi connectivity index (χ4n) is 1.82. The van der Waals surface area contributed by atoms with Crippen LogP contribution in [0.3, 0.4) is 0 Å². The number of nitrogens with zero attached hydrogens (tertiary/aromatic N) is 4. The van der Waals surface area contributed by atoms with E-state index in [-0.39, 0.29) is 0 Å². The van der Waals surface area contributed by atoms with Crippen molar-refractivity contribution in [3.63, 3.8) is 0 Å². The van der Waals surface area contributed by atoms with Gasteiger partial charge >= 0.3 is 0 Å². The van der Waals surface area contributed by atoms with Crippen molar-refractivity contribution in [2.45, 2.75) is 16.9 Å². The zero-order chi connectivity index (χ0) is 12.9. The molecule has 1 atom stereocenters. The summed E-state index contributed by atoms with van der Waals surface area (Å²) in [4.78, 5) is 14.6. The average molecular weight is 305 g/mol. The van der Waals surface area contributed by atoms with Gasteiger partial charge in [0, 0.05) is 0 Å². The molecule has 0 spiro atoms. The van der Waals surface area contributed by atoms with Gasteiger partial charge in [-0.1, -0.05) is 40.9 Å². The van der Waals surface area contributed by atoms with Crippen molar-refractivity contribution in [2.24, 2.45) is 15.0 Å².